The Balaban J connectivity index is 2.50. The molecule has 22 heavy (non-hydrogen) atoms. The highest BCUT2D eigenvalue weighted by molar-refractivity contribution is 5.86. The lowest BCUT2D eigenvalue weighted by atomic mass is 9.93. The molecule has 0 saturated carbocycles. The van der Waals surface area contributed by atoms with E-state index >= 15 is 0 Å². The lowest BCUT2D eigenvalue weighted by Gasteiger charge is -2.19. The maximum atomic E-state index is 9.53. The summed E-state index contributed by atoms with van der Waals surface area (Å²) < 4.78 is 0. The molecule has 0 amide bonds. The zero-order valence-corrected chi connectivity index (χ0v) is 12.9. The first-order valence-electron chi connectivity index (χ1n) is 7.22. The molecule has 0 heterocycles. The second kappa shape index (κ2) is 6.68. The molecule has 0 aromatic heterocycles. The van der Waals surface area contributed by atoms with Gasteiger partial charge in [-0.2, -0.15) is 0 Å². The van der Waals surface area contributed by atoms with E-state index in [1.807, 2.05) is 38.1 Å². The summed E-state index contributed by atoms with van der Waals surface area (Å²) in [4.78, 5) is 0. The van der Waals surface area contributed by atoms with Gasteiger partial charge < -0.3 is 27.0 Å². The molecule has 2 rings (SSSR count). The summed E-state index contributed by atoms with van der Waals surface area (Å²) >= 11 is 0. The van der Waals surface area contributed by atoms with Gasteiger partial charge in [0.2, 0.25) is 0 Å². The first-order valence-corrected chi connectivity index (χ1v) is 7.22. The van der Waals surface area contributed by atoms with Gasteiger partial charge in [0.05, 0.1) is 12.7 Å². The van der Waals surface area contributed by atoms with Crippen molar-refractivity contribution in [3.05, 3.63) is 41.5 Å². The van der Waals surface area contributed by atoms with Crippen LogP contribution in [0.25, 0.3) is 11.1 Å². The van der Waals surface area contributed by atoms with Crippen molar-refractivity contribution in [2.75, 3.05) is 29.9 Å². The van der Waals surface area contributed by atoms with Gasteiger partial charge in [-0.3, -0.25) is 0 Å². The summed E-state index contributed by atoms with van der Waals surface area (Å²) in [5.41, 5.74) is 18.3. The molecule has 2 aromatic rings. The van der Waals surface area contributed by atoms with E-state index in [1.165, 1.54) is 0 Å². The maximum Gasteiger partial charge on any atom is 0.0942 e. The van der Waals surface area contributed by atoms with E-state index in [4.69, 9.17) is 16.6 Å². The van der Waals surface area contributed by atoms with Crippen molar-refractivity contribution in [1.29, 1.82) is 0 Å². The summed E-state index contributed by atoms with van der Waals surface area (Å²) in [5.74, 6) is 0. The average Bonchev–Trinajstić information content (AvgIpc) is 2.50. The molecule has 5 heteroatoms. The Kier molecular flexibility index (Phi) is 4.90. The Morgan fingerprint density at radius 1 is 1.14 bits per heavy atom. The SMILES string of the molecule is Cc1ccc(N)c(C)c1-c1cc(N)ccc1NCC(O)CO. The molecule has 1 atom stereocenters. The smallest absolute Gasteiger partial charge is 0.0942 e. The van der Waals surface area contributed by atoms with Crippen LogP contribution in [0.5, 0.6) is 0 Å². The molecule has 5 nitrogen and oxygen atoms in total. The van der Waals surface area contributed by atoms with E-state index in [0.717, 1.165) is 33.6 Å². The molecule has 7 N–H and O–H groups in total. The standard InChI is InChI=1S/C17H23N3O2/c1-10-3-5-15(19)11(2)17(10)14-7-12(18)4-6-16(14)20-8-13(22)9-21/h3-7,13,20-22H,8-9,18-19H2,1-2H3. The number of rotatable bonds is 5. The Morgan fingerprint density at radius 2 is 1.86 bits per heavy atom. The van der Waals surface area contributed by atoms with Crippen molar-refractivity contribution >= 4 is 17.1 Å². The zero-order chi connectivity index (χ0) is 16.3. The van der Waals surface area contributed by atoms with Crippen LogP contribution in [0.15, 0.2) is 30.3 Å². The summed E-state index contributed by atoms with van der Waals surface area (Å²) in [6, 6.07) is 9.43. The van der Waals surface area contributed by atoms with Crippen molar-refractivity contribution in [2.24, 2.45) is 0 Å². The largest absolute Gasteiger partial charge is 0.399 e. The van der Waals surface area contributed by atoms with Crippen LogP contribution in [-0.2, 0) is 0 Å². The van der Waals surface area contributed by atoms with Gasteiger partial charge in [-0.1, -0.05) is 6.07 Å². The monoisotopic (exact) mass is 301 g/mol. The van der Waals surface area contributed by atoms with Crippen molar-refractivity contribution in [3.8, 4) is 11.1 Å². The number of hydrogen-bond donors (Lipinski definition) is 5. The second-order valence-electron chi connectivity index (χ2n) is 5.49. The minimum atomic E-state index is -0.812. The van der Waals surface area contributed by atoms with Gasteiger partial charge in [-0.25, -0.2) is 0 Å². The quantitative estimate of drug-likeness (QED) is 0.543. The van der Waals surface area contributed by atoms with Gasteiger partial charge in [-0.15, -0.1) is 0 Å². The molecule has 0 aliphatic rings. The van der Waals surface area contributed by atoms with Gasteiger partial charge in [0.1, 0.15) is 0 Å². The fourth-order valence-corrected chi connectivity index (χ4v) is 2.49. The number of nitrogens with two attached hydrogens (primary N) is 2. The normalized spacial score (nSPS) is 12.2. The van der Waals surface area contributed by atoms with E-state index in [9.17, 15) is 5.11 Å². The molecule has 0 aliphatic heterocycles. The third-order valence-electron chi connectivity index (χ3n) is 3.77. The first-order chi connectivity index (χ1) is 10.4. The van der Waals surface area contributed by atoms with Crippen LogP contribution in [0.3, 0.4) is 0 Å². The molecule has 2 aromatic carbocycles. The predicted molar refractivity (Wildman–Crippen MR) is 91.8 cm³/mol. The topological polar surface area (TPSA) is 105 Å². The number of aliphatic hydroxyl groups is 2. The number of hydrogen-bond acceptors (Lipinski definition) is 5. The first kappa shape index (κ1) is 16.1. The zero-order valence-electron chi connectivity index (χ0n) is 12.9. The van der Waals surface area contributed by atoms with Gasteiger partial charge in [0.15, 0.2) is 0 Å². The predicted octanol–water partition coefficient (Wildman–Crippen LogP) is 1.90. The van der Waals surface area contributed by atoms with Crippen LogP contribution in [0.4, 0.5) is 17.1 Å². The van der Waals surface area contributed by atoms with Crippen LogP contribution >= 0.6 is 0 Å². The van der Waals surface area contributed by atoms with Gasteiger partial charge in [0.25, 0.3) is 0 Å². The molecule has 0 saturated heterocycles. The van der Waals surface area contributed by atoms with E-state index < -0.39 is 6.10 Å². The minimum absolute atomic E-state index is 0.258. The van der Waals surface area contributed by atoms with E-state index in [-0.39, 0.29) is 13.2 Å². The fourth-order valence-electron chi connectivity index (χ4n) is 2.49. The lowest BCUT2D eigenvalue weighted by molar-refractivity contribution is 0.105. The van der Waals surface area contributed by atoms with Gasteiger partial charge >= 0.3 is 0 Å². The van der Waals surface area contributed by atoms with Crippen LogP contribution in [0.2, 0.25) is 0 Å². The highest BCUT2D eigenvalue weighted by Gasteiger charge is 2.13. The maximum absolute atomic E-state index is 9.53. The van der Waals surface area contributed by atoms with Crippen molar-refractivity contribution in [2.45, 2.75) is 20.0 Å². The van der Waals surface area contributed by atoms with Crippen molar-refractivity contribution in [3.63, 3.8) is 0 Å². The van der Waals surface area contributed by atoms with E-state index in [2.05, 4.69) is 5.32 Å². The van der Waals surface area contributed by atoms with Crippen molar-refractivity contribution in [1.82, 2.24) is 0 Å². The number of benzene rings is 2. The van der Waals surface area contributed by atoms with Crippen LogP contribution in [-0.4, -0.2) is 29.5 Å². The van der Waals surface area contributed by atoms with E-state index in [0.29, 0.717) is 5.69 Å². The number of nitrogens with one attached hydrogen (secondary N) is 1. The molecule has 0 aliphatic carbocycles. The van der Waals surface area contributed by atoms with Crippen LogP contribution in [0.1, 0.15) is 11.1 Å². The third kappa shape index (κ3) is 3.32. The fraction of sp³-hybridized carbons (Fsp3) is 0.294. The highest BCUT2D eigenvalue weighted by atomic mass is 16.3. The summed E-state index contributed by atoms with van der Waals surface area (Å²) in [6.45, 7) is 3.98. The van der Waals surface area contributed by atoms with Crippen LogP contribution < -0.4 is 16.8 Å². The molecule has 0 bridgehead atoms. The van der Waals surface area contributed by atoms with Gasteiger partial charge in [-0.05, 0) is 54.8 Å². The average molecular weight is 301 g/mol. The number of aryl methyl sites for hydroxylation is 1. The summed E-state index contributed by atoms with van der Waals surface area (Å²) in [6.07, 6.45) is -0.812. The third-order valence-corrected chi connectivity index (χ3v) is 3.77. The highest BCUT2D eigenvalue weighted by Crippen LogP contribution is 2.36. The van der Waals surface area contributed by atoms with Crippen molar-refractivity contribution < 1.29 is 10.2 Å². The number of nitrogen functional groups attached to an aromatic ring is 2. The number of anilines is 3. The van der Waals surface area contributed by atoms with Crippen LogP contribution in [0, 0.1) is 13.8 Å². The molecule has 0 radical (unpaired) electrons. The van der Waals surface area contributed by atoms with Gasteiger partial charge in [0, 0.05) is 29.2 Å². The molecular formula is C17H23N3O2. The molecular weight excluding hydrogens is 278 g/mol. The molecule has 1 unspecified atom stereocenters. The Bertz CT molecular complexity index is 671. The Hall–Kier alpha value is -2.24. The van der Waals surface area contributed by atoms with E-state index in [1.54, 1.807) is 6.07 Å². The molecule has 118 valence electrons. The second-order valence-corrected chi connectivity index (χ2v) is 5.49. The summed E-state index contributed by atoms with van der Waals surface area (Å²) in [7, 11) is 0. The lowest BCUT2D eigenvalue weighted by Crippen LogP contribution is -2.23. The summed E-state index contributed by atoms with van der Waals surface area (Å²) in [5, 5.41) is 21.6. The number of aliphatic hydroxyl groups excluding tert-OH is 2. The minimum Gasteiger partial charge on any atom is -0.399 e. The molecule has 0 spiro atoms. The Morgan fingerprint density at radius 3 is 2.55 bits per heavy atom. The molecule has 0 fully saturated rings. The Labute approximate surface area is 130 Å².